The van der Waals surface area contributed by atoms with Crippen molar-refractivity contribution in [2.24, 2.45) is 5.92 Å². The molecule has 2 saturated heterocycles. The molecule has 4 heterocycles. The molecule has 0 amide bonds. The molecule has 2 aliphatic heterocycles. The van der Waals surface area contributed by atoms with Gasteiger partial charge in [-0.2, -0.15) is 15.7 Å². The van der Waals surface area contributed by atoms with E-state index in [-0.39, 0.29) is 0 Å². The first kappa shape index (κ1) is 14.2. The Morgan fingerprint density at radius 1 is 1.36 bits per heavy atom. The quantitative estimate of drug-likeness (QED) is 0.811. The van der Waals surface area contributed by atoms with Crippen molar-refractivity contribution in [1.29, 1.82) is 0 Å². The minimum absolute atomic E-state index is 0.370. The van der Waals surface area contributed by atoms with Crippen molar-refractivity contribution in [2.75, 3.05) is 26.2 Å². The van der Waals surface area contributed by atoms with Gasteiger partial charge in [-0.3, -0.25) is 0 Å². The fourth-order valence-electron chi connectivity index (χ4n) is 3.41. The van der Waals surface area contributed by atoms with Crippen molar-refractivity contribution >= 4 is 23.1 Å². The van der Waals surface area contributed by atoms with Gasteiger partial charge in [-0.05, 0) is 36.8 Å². The van der Waals surface area contributed by atoms with Gasteiger partial charge in [-0.1, -0.05) is 11.8 Å². The van der Waals surface area contributed by atoms with Gasteiger partial charge >= 0.3 is 0 Å². The number of piperidine rings is 1. The molecule has 0 N–H and O–H groups in total. The third-order valence-electron chi connectivity index (χ3n) is 4.43. The summed E-state index contributed by atoms with van der Waals surface area (Å²) in [7, 11) is 0. The van der Waals surface area contributed by atoms with Crippen LogP contribution in [0, 0.1) is 17.8 Å². The maximum Gasteiger partial charge on any atom is 0.250 e. The van der Waals surface area contributed by atoms with Gasteiger partial charge in [0.2, 0.25) is 5.88 Å². The number of fused-ring (bicyclic) bond motifs is 2. The van der Waals surface area contributed by atoms with E-state index in [1.165, 1.54) is 37.7 Å². The first-order valence-corrected chi connectivity index (χ1v) is 9.26. The fourth-order valence-corrected chi connectivity index (χ4v) is 4.57. The topological polar surface area (TPSA) is 38.3 Å². The molecule has 6 heteroatoms. The molecule has 0 radical (unpaired) electrons. The highest BCUT2D eigenvalue weighted by molar-refractivity contribution is 7.08. The minimum Gasteiger partial charge on any atom is -0.463 e. The van der Waals surface area contributed by atoms with Crippen LogP contribution in [0.15, 0.2) is 16.8 Å². The van der Waals surface area contributed by atoms with Gasteiger partial charge in [-0.15, -0.1) is 4.37 Å². The molecule has 22 heavy (non-hydrogen) atoms. The van der Waals surface area contributed by atoms with Crippen LogP contribution in [0.2, 0.25) is 0 Å². The lowest BCUT2D eigenvalue weighted by atomic mass is 9.89. The first-order valence-electron chi connectivity index (χ1n) is 7.59. The molecule has 4 nitrogen and oxygen atoms in total. The lowest BCUT2D eigenvalue weighted by molar-refractivity contribution is 0.269. The van der Waals surface area contributed by atoms with Gasteiger partial charge in [0.05, 0.1) is 11.7 Å². The molecule has 0 aromatic carbocycles. The lowest BCUT2D eigenvalue weighted by Gasteiger charge is -2.21. The van der Waals surface area contributed by atoms with E-state index >= 15 is 0 Å². The predicted molar refractivity (Wildman–Crippen MR) is 88.5 cm³/mol. The van der Waals surface area contributed by atoms with E-state index in [2.05, 4.69) is 25.5 Å². The molecular formula is C16H17N3OS2. The predicted octanol–water partition coefficient (Wildman–Crippen LogP) is 2.84. The maximum atomic E-state index is 5.78. The summed E-state index contributed by atoms with van der Waals surface area (Å²) in [5.74, 6) is 8.05. The zero-order valence-corrected chi connectivity index (χ0v) is 13.8. The summed E-state index contributed by atoms with van der Waals surface area (Å²) in [6.45, 7) is 3.91. The number of rotatable bonds is 3. The summed E-state index contributed by atoms with van der Waals surface area (Å²) in [4.78, 5) is 2.54. The van der Waals surface area contributed by atoms with E-state index < -0.39 is 0 Å². The Bertz CT molecular complexity index is 686. The summed E-state index contributed by atoms with van der Waals surface area (Å²) in [6, 6.07) is 2.01. The Labute approximate surface area is 138 Å². The van der Waals surface area contributed by atoms with Crippen LogP contribution in [0.3, 0.4) is 0 Å². The summed E-state index contributed by atoms with van der Waals surface area (Å²) in [6.07, 6.45) is 2.61. The van der Waals surface area contributed by atoms with Crippen LogP contribution in [0.5, 0.6) is 5.88 Å². The number of hydrogen-bond donors (Lipinski definition) is 0. The summed E-state index contributed by atoms with van der Waals surface area (Å²) < 4.78 is 14.6. The van der Waals surface area contributed by atoms with Crippen LogP contribution in [-0.4, -0.2) is 39.9 Å². The van der Waals surface area contributed by atoms with Crippen molar-refractivity contribution in [2.45, 2.75) is 18.8 Å². The standard InChI is InChI=1S/C16H17N3OS2/c1-4-13-9-19(6-1)10-14(13)15-16(18-22-17-15)20-7-2-3-12-5-8-21-11-12/h5,8,11,13-14H,1,4,6-7,9-10H2. The molecular weight excluding hydrogens is 314 g/mol. The Balaban J connectivity index is 1.42. The Morgan fingerprint density at radius 3 is 3.23 bits per heavy atom. The molecule has 0 spiro atoms. The molecule has 0 saturated carbocycles. The third kappa shape index (κ3) is 2.89. The monoisotopic (exact) mass is 331 g/mol. The van der Waals surface area contributed by atoms with Crippen LogP contribution in [-0.2, 0) is 0 Å². The Kier molecular flexibility index (Phi) is 4.11. The fraction of sp³-hybridized carbons (Fsp3) is 0.500. The van der Waals surface area contributed by atoms with Crippen LogP contribution >= 0.6 is 23.1 Å². The van der Waals surface area contributed by atoms with Gasteiger partial charge in [0, 0.05) is 30.0 Å². The number of ether oxygens (including phenoxy) is 1. The molecule has 3 unspecified atom stereocenters. The first-order chi connectivity index (χ1) is 10.9. The number of hydrogen-bond acceptors (Lipinski definition) is 6. The average Bonchev–Trinajstić information content (AvgIpc) is 3.25. The largest absolute Gasteiger partial charge is 0.463 e. The van der Waals surface area contributed by atoms with E-state index in [0.717, 1.165) is 23.7 Å². The summed E-state index contributed by atoms with van der Waals surface area (Å²) in [5.41, 5.74) is 2.10. The molecule has 0 aliphatic carbocycles. The Morgan fingerprint density at radius 2 is 2.36 bits per heavy atom. The zero-order chi connectivity index (χ0) is 14.8. The molecule has 2 aromatic heterocycles. The van der Waals surface area contributed by atoms with E-state index in [1.54, 1.807) is 11.3 Å². The van der Waals surface area contributed by atoms with Crippen molar-refractivity contribution in [1.82, 2.24) is 13.6 Å². The second-order valence-electron chi connectivity index (χ2n) is 5.83. The molecule has 4 rings (SSSR count). The third-order valence-corrected chi connectivity index (χ3v) is 5.64. The van der Waals surface area contributed by atoms with Crippen LogP contribution in [0.4, 0.5) is 0 Å². The normalized spacial score (nSPS) is 26.5. The zero-order valence-electron chi connectivity index (χ0n) is 12.2. The highest BCUT2D eigenvalue weighted by Crippen LogP contribution is 2.40. The second kappa shape index (κ2) is 6.37. The second-order valence-corrected chi connectivity index (χ2v) is 7.13. The molecule has 2 aliphatic rings. The average molecular weight is 331 g/mol. The molecule has 2 bridgehead atoms. The SMILES string of the molecule is C(#Cc1ccsc1)COc1nsnc1C1CN2CCCC1C2. The minimum atomic E-state index is 0.370. The number of thiophene rings is 1. The van der Waals surface area contributed by atoms with Crippen LogP contribution in [0.1, 0.15) is 30.0 Å². The van der Waals surface area contributed by atoms with Crippen molar-refractivity contribution < 1.29 is 4.74 Å². The van der Waals surface area contributed by atoms with Gasteiger partial charge in [0.1, 0.15) is 5.69 Å². The van der Waals surface area contributed by atoms with Gasteiger partial charge < -0.3 is 9.64 Å². The number of aromatic nitrogens is 2. The molecule has 2 aromatic rings. The van der Waals surface area contributed by atoms with E-state index in [9.17, 15) is 0 Å². The molecule has 114 valence electrons. The van der Waals surface area contributed by atoms with Gasteiger partial charge in [0.15, 0.2) is 6.61 Å². The van der Waals surface area contributed by atoms with Crippen molar-refractivity contribution in [3.8, 4) is 17.7 Å². The Hall–Kier alpha value is -1.42. The van der Waals surface area contributed by atoms with Gasteiger partial charge in [-0.25, -0.2) is 0 Å². The number of nitrogens with zero attached hydrogens (tertiary/aromatic N) is 3. The van der Waals surface area contributed by atoms with E-state index in [4.69, 9.17) is 4.74 Å². The highest BCUT2D eigenvalue weighted by atomic mass is 32.1. The molecule has 3 atom stereocenters. The van der Waals surface area contributed by atoms with Crippen LogP contribution in [0.25, 0.3) is 0 Å². The van der Waals surface area contributed by atoms with Crippen molar-refractivity contribution in [3.05, 3.63) is 28.1 Å². The summed E-state index contributed by atoms with van der Waals surface area (Å²) >= 11 is 2.91. The van der Waals surface area contributed by atoms with E-state index in [0.29, 0.717) is 18.4 Å². The molecule has 2 fully saturated rings. The van der Waals surface area contributed by atoms with Crippen LogP contribution < -0.4 is 4.74 Å². The van der Waals surface area contributed by atoms with E-state index in [1.807, 2.05) is 16.8 Å². The highest BCUT2D eigenvalue weighted by Gasteiger charge is 2.39. The van der Waals surface area contributed by atoms with Crippen molar-refractivity contribution in [3.63, 3.8) is 0 Å². The van der Waals surface area contributed by atoms with Gasteiger partial charge in [0.25, 0.3) is 0 Å². The lowest BCUT2D eigenvalue weighted by Crippen LogP contribution is -2.25. The maximum absolute atomic E-state index is 5.78. The smallest absolute Gasteiger partial charge is 0.250 e. The summed E-state index contributed by atoms with van der Waals surface area (Å²) in [5, 5.41) is 4.07.